The molecule has 5 nitrogen and oxygen atoms in total. The summed E-state index contributed by atoms with van der Waals surface area (Å²) in [6.45, 7) is 4.36. The van der Waals surface area contributed by atoms with E-state index in [1.165, 1.54) is 0 Å². The smallest absolute Gasteiger partial charge is 0.346 e. The topological polar surface area (TPSA) is 63.7 Å². The number of amides is 1. The molecule has 0 aromatic carbocycles. The molecule has 0 heterocycles. The number of rotatable bonds is 10. The number of aldehydes is 1. The highest BCUT2D eigenvalue weighted by molar-refractivity contribution is 8.01. The third-order valence-corrected chi connectivity index (χ3v) is 4.17. The van der Waals surface area contributed by atoms with Gasteiger partial charge in [-0.25, -0.2) is 4.79 Å². The lowest BCUT2D eigenvalue weighted by molar-refractivity contribution is -0.145. The Morgan fingerprint density at radius 1 is 1.30 bits per heavy atom. The predicted octanol–water partition coefficient (Wildman–Crippen LogP) is 3.57. The molecule has 0 radical (unpaired) electrons. The molecular formula is C12H19Cl2NO4S. The largest absolute Gasteiger partial charge is 0.463 e. The first-order valence-corrected chi connectivity index (χ1v) is 7.92. The average molecular weight is 344 g/mol. The van der Waals surface area contributed by atoms with Crippen LogP contribution < -0.4 is 0 Å². The van der Waals surface area contributed by atoms with E-state index in [1.54, 1.807) is 0 Å². The molecule has 0 aliphatic rings. The number of nitrogens with zero attached hydrogens (tertiary/aromatic N) is 1. The average Bonchev–Trinajstić information content (AvgIpc) is 2.42. The Kier molecular flexibility index (Phi) is 10.1. The number of ether oxygens (including phenoxy) is 1. The van der Waals surface area contributed by atoms with Crippen LogP contribution in [0, 0.1) is 0 Å². The van der Waals surface area contributed by atoms with Crippen molar-refractivity contribution >= 4 is 52.8 Å². The van der Waals surface area contributed by atoms with Gasteiger partial charge in [-0.15, -0.1) is 0 Å². The van der Waals surface area contributed by atoms with E-state index in [0.29, 0.717) is 31.3 Å². The summed E-state index contributed by atoms with van der Waals surface area (Å²) in [7, 11) is 0. The number of alkyl halides is 1. The first-order valence-electron chi connectivity index (χ1n) is 6.39. The zero-order valence-corrected chi connectivity index (χ0v) is 13.9. The number of unbranched alkanes of at least 4 members (excludes halogenated alkanes) is 2. The summed E-state index contributed by atoms with van der Waals surface area (Å²) in [5, 5.41) is -0.781. The number of hydrogen-bond acceptors (Lipinski definition) is 5. The summed E-state index contributed by atoms with van der Waals surface area (Å²) in [5.74, 6) is -0.882. The maximum Gasteiger partial charge on any atom is 0.346 e. The standard InChI is InChI=1S/C12H19Cl2NO4S/c1-3-5-7-15(11(13)18)20-12(14,9-16)10(17)19-8-6-4-2/h9H,3-8H2,1-2H3. The number of carbonyl (C=O) groups excluding carboxylic acids is 3. The summed E-state index contributed by atoms with van der Waals surface area (Å²) in [6, 6.07) is 0. The third-order valence-electron chi connectivity index (χ3n) is 2.31. The molecule has 0 rings (SSSR count). The van der Waals surface area contributed by atoms with Crippen molar-refractivity contribution in [2.24, 2.45) is 0 Å². The molecule has 8 heteroatoms. The van der Waals surface area contributed by atoms with E-state index in [2.05, 4.69) is 0 Å². The van der Waals surface area contributed by atoms with E-state index in [1.807, 2.05) is 13.8 Å². The second-order valence-corrected chi connectivity index (χ2v) is 6.46. The molecule has 1 unspecified atom stereocenters. The second-order valence-electron chi connectivity index (χ2n) is 4.05. The Morgan fingerprint density at radius 3 is 2.35 bits per heavy atom. The molecule has 0 saturated heterocycles. The lowest BCUT2D eigenvalue weighted by Gasteiger charge is -2.25. The van der Waals surface area contributed by atoms with Crippen LogP contribution in [0.3, 0.4) is 0 Å². The molecule has 1 atom stereocenters. The summed E-state index contributed by atoms with van der Waals surface area (Å²) in [4.78, 5) is 34.2. The van der Waals surface area contributed by atoms with Crippen LogP contribution in [0.25, 0.3) is 0 Å². The van der Waals surface area contributed by atoms with Gasteiger partial charge < -0.3 is 4.74 Å². The molecule has 20 heavy (non-hydrogen) atoms. The third kappa shape index (κ3) is 6.81. The molecule has 1 amide bonds. The minimum absolute atomic E-state index is 0.183. The van der Waals surface area contributed by atoms with Gasteiger partial charge in [-0.1, -0.05) is 38.3 Å². The van der Waals surface area contributed by atoms with Crippen LogP contribution in [0.2, 0.25) is 0 Å². The van der Waals surface area contributed by atoms with Gasteiger partial charge in [0.25, 0.3) is 4.21 Å². The Bertz CT molecular complexity index is 343. The quantitative estimate of drug-likeness (QED) is 0.0886. The molecule has 0 bridgehead atoms. The van der Waals surface area contributed by atoms with Crippen molar-refractivity contribution in [3.8, 4) is 0 Å². The van der Waals surface area contributed by atoms with E-state index in [9.17, 15) is 14.4 Å². The van der Waals surface area contributed by atoms with Gasteiger partial charge >= 0.3 is 11.3 Å². The van der Waals surface area contributed by atoms with Crippen molar-refractivity contribution < 1.29 is 19.1 Å². The minimum atomic E-state index is -1.98. The Balaban J connectivity index is 4.70. The van der Waals surface area contributed by atoms with Crippen LogP contribution in [0.5, 0.6) is 0 Å². The Labute approximate surface area is 133 Å². The van der Waals surface area contributed by atoms with Crippen molar-refractivity contribution in [3.05, 3.63) is 0 Å². The van der Waals surface area contributed by atoms with Crippen LogP contribution in [-0.2, 0) is 14.3 Å². The Morgan fingerprint density at radius 2 is 1.90 bits per heavy atom. The minimum Gasteiger partial charge on any atom is -0.463 e. The van der Waals surface area contributed by atoms with Gasteiger partial charge in [-0.3, -0.25) is 13.9 Å². The lowest BCUT2D eigenvalue weighted by atomic mass is 10.3. The SMILES string of the molecule is CCCCOC(=O)C(Cl)(C=O)SN(CCCC)C(=O)Cl. The summed E-state index contributed by atoms with van der Waals surface area (Å²) < 4.78 is 4.03. The number of halogens is 2. The highest BCUT2D eigenvalue weighted by Gasteiger charge is 2.42. The zero-order valence-electron chi connectivity index (χ0n) is 11.6. The number of carbonyl (C=O) groups is 3. The first-order chi connectivity index (χ1) is 9.41. The molecule has 0 aliphatic heterocycles. The molecule has 0 saturated carbocycles. The fraction of sp³-hybridized carbons (Fsp3) is 0.750. The number of esters is 1. The fourth-order valence-corrected chi connectivity index (χ4v) is 2.43. The molecule has 0 spiro atoms. The normalized spacial score (nSPS) is 13.4. The maximum absolute atomic E-state index is 11.8. The molecule has 0 fully saturated rings. The Hall–Kier alpha value is -0.460. The molecular weight excluding hydrogens is 325 g/mol. The fourth-order valence-electron chi connectivity index (χ4n) is 1.15. The maximum atomic E-state index is 11.8. The zero-order chi connectivity index (χ0) is 15.6. The molecule has 0 aliphatic carbocycles. The lowest BCUT2D eigenvalue weighted by Crippen LogP contribution is -2.38. The van der Waals surface area contributed by atoms with E-state index < -0.39 is 15.5 Å². The van der Waals surface area contributed by atoms with E-state index in [-0.39, 0.29) is 12.9 Å². The van der Waals surface area contributed by atoms with Crippen LogP contribution in [0.15, 0.2) is 0 Å². The molecule has 0 aromatic rings. The van der Waals surface area contributed by atoms with Gasteiger partial charge in [0.15, 0.2) is 6.29 Å². The second kappa shape index (κ2) is 10.3. The first kappa shape index (κ1) is 19.5. The van der Waals surface area contributed by atoms with Crippen LogP contribution in [-0.4, -0.2) is 39.3 Å². The molecule has 0 aromatic heterocycles. The van der Waals surface area contributed by atoms with Crippen LogP contribution >= 0.6 is 35.1 Å². The molecule has 116 valence electrons. The van der Waals surface area contributed by atoms with E-state index in [0.717, 1.165) is 17.1 Å². The highest BCUT2D eigenvalue weighted by Crippen LogP contribution is 2.34. The summed E-state index contributed by atoms with van der Waals surface area (Å²) in [5.41, 5.74) is 0. The van der Waals surface area contributed by atoms with Crippen LogP contribution in [0.1, 0.15) is 39.5 Å². The monoisotopic (exact) mass is 343 g/mol. The van der Waals surface area contributed by atoms with Gasteiger partial charge in [0.1, 0.15) is 0 Å². The van der Waals surface area contributed by atoms with E-state index >= 15 is 0 Å². The van der Waals surface area contributed by atoms with Crippen molar-refractivity contribution in [3.63, 3.8) is 0 Å². The molecule has 0 N–H and O–H groups in total. The van der Waals surface area contributed by atoms with Crippen molar-refractivity contribution in [2.45, 2.75) is 43.7 Å². The van der Waals surface area contributed by atoms with Gasteiger partial charge in [-0.05, 0) is 36.4 Å². The highest BCUT2D eigenvalue weighted by atomic mass is 35.5. The predicted molar refractivity (Wildman–Crippen MR) is 81.0 cm³/mol. The van der Waals surface area contributed by atoms with Crippen molar-refractivity contribution in [2.75, 3.05) is 13.2 Å². The number of hydrogen-bond donors (Lipinski definition) is 0. The van der Waals surface area contributed by atoms with Gasteiger partial charge in [0, 0.05) is 6.54 Å². The summed E-state index contributed by atoms with van der Waals surface area (Å²) in [6.07, 6.45) is 3.29. The van der Waals surface area contributed by atoms with Gasteiger partial charge in [-0.2, -0.15) is 0 Å². The van der Waals surface area contributed by atoms with Crippen molar-refractivity contribution in [1.29, 1.82) is 0 Å². The van der Waals surface area contributed by atoms with Crippen molar-refractivity contribution in [1.82, 2.24) is 4.31 Å². The van der Waals surface area contributed by atoms with Gasteiger partial charge in [0.05, 0.1) is 6.61 Å². The van der Waals surface area contributed by atoms with E-state index in [4.69, 9.17) is 27.9 Å². The van der Waals surface area contributed by atoms with Crippen LogP contribution in [0.4, 0.5) is 4.79 Å². The summed E-state index contributed by atoms with van der Waals surface area (Å²) >= 11 is 11.9. The van der Waals surface area contributed by atoms with Gasteiger partial charge in [0.2, 0.25) is 0 Å².